The van der Waals surface area contributed by atoms with Crippen LogP contribution < -0.4 is 5.32 Å². The van der Waals surface area contributed by atoms with Gasteiger partial charge >= 0.3 is 5.97 Å². The minimum absolute atomic E-state index is 0.394. The first-order valence-corrected chi connectivity index (χ1v) is 2.51. The number of methoxy groups -OCH3 is 1. The number of carbonyl (C=O) groups is 1. The lowest BCUT2D eigenvalue weighted by atomic mass is 10.7. The lowest BCUT2D eigenvalue weighted by Gasteiger charge is -1.83. The molecule has 0 heterocycles. The highest BCUT2D eigenvalue weighted by atomic mass is 16.5. The van der Waals surface area contributed by atoms with Crippen molar-refractivity contribution < 1.29 is 9.53 Å². The van der Waals surface area contributed by atoms with Gasteiger partial charge in [0.15, 0.2) is 0 Å². The minimum Gasteiger partial charge on any atom is -0.466 e. The van der Waals surface area contributed by atoms with Crippen LogP contribution in [-0.2, 0) is 9.53 Å². The normalized spacial score (nSPS) is 6.56. The summed E-state index contributed by atoms with van der Waals surface area (Å²) in [6.07, 6.45) is 1.11. The Morgan fingerprint density at radius 2 is 2.00 bits per heavy atom. The number of hydrogen-bond donors (Lipinski definition) is 1. The molecule has 0 amide bonds. The van der Waals surface area contributed by atoms with Crippen molar-refractivity contribution >= 4 is 5.97 Å². The van der Waals surface area contributed by atoms with E-state index in [1.807, 2.05) is 14.1 Å². The van der Waals surface area contributed by atoms with E-state index < -0.39 is 5.97 Å². The van der Waals surface area contributed by atoms with Gasteiger partial charge in [0, 0.05) is 6.08 Å². The molecule has 0 atom stereocenters. The monoisotopic (exact) mass is 131 g/mol. The third kappa shape index (κ3) is 19.1. The van der Waals surface area contributed by atoms with Crippen LogP contribution in [0, 0.1) is 0 Å². The predicted octanol–water partition coefficient (Wildman–Crippen LogP) is 0.181. The number of ether oxygens (including phenoxy) is 1. The van der Waals surface area contributed by atoms with Crippen molar-refractivity contribution in [2.75, 3.05) is 21.2 Å². The summed E-state index contributed by atoms with van der Waals surface area (Å²) in [4.78, 5) is 9.84. The molecular formula is C6H13NO2. The Hall–Kier alpha value is -0.830. The zero-order chi connectivity index (χ0) is 7.70. The summed E-state index contributed by atoms with van der Waals surface area (Å²) in [5, 5.41) is 2.75. The number of carbonyl (C=O) groups excluding carboxylic acids is 1. The summed E-state index contributed by atoms with van der Waals surface area (Å²) in [6.45, 7) is 3.16. The fraction of sp³-hybridized carbons (Fsp3) is 0.500. The van der Waals surface area contributed by atoms with Crippen LogP contribution >= 0.6 is 0 Å². The highest BCUT2D eigenvalue weighted by Gasteiger charge is 1.81. The van der Waals surface area contributed by atoms with Crippen LogP contribution in [0.1, 0.15) is 0 Å². The fourth-order valence-electron chi connectivity index (χ4n) is 0.0833. The zero-order valence-corrected chi connectivity index (χ0v) is 6.10. The average molecular weight is 131 g/mol. The molecule has 0 bridgehead atoms. The smallest absolute Gasteiger partial charge is 0.329 e. The molecule has 54 valence electrons. The van der Waals surface area contributed by atoms with E-state index in [1.165, 1.54) is 7.11 Å². The molecule has 0 aromatic rings. The van der Waals surface area contributed by atoms with Gasteiger partial charge in [0.25, 0.3) is 0 Å². The standard InChI is InChI=1S/C4H6O2.C2H7N/c1-3-4(5)6-2;1-3-2/h3H,1H2,2H3;3H,1-2H3. The molecule has 0 rings (SSSR count). The molecule has 3 nitrogen and oxygen atoms in total. The maximum Gasteiger partial charge on any atom is 0.329 e. The van der Waals surface area contributed by atoms with E-state index in [0.29, 0.717) is 0 Å². The highest BCUT2D eigenvalue weighted by molar-refractivity contribution is 5.80. The summed E-state index contributed by atoms with van der Waals surface area (Å²) in [6, 6.07) is 0. The molecule has 0 saturated carbocycles. The van der Waals surface area contributed by atoms with E-state index >= 15 is 0 Å². The van der Waals surface area contributed by atoms with E-state index in [4.69, 9.17) is 0 Å². The van der Waals surface area contributed by atoms with E-state index in [2.05, 4.69) is 16.6 Å². The number of esters is 1. The van der Waals surface area contributed by atoms with Crippen LogP contribution in [0.2, 0.25) is 0 Å². The summed E-state index contributed by atoms with van der Waals surface area (Å²) >= 11 is 0. The molecule has 0 aromatic heterocycles. The molecule has 0 aliphatic heterocycles. The van der Waals surface area contributed by atoms with E-state index in [0.717, 1.165) is 6.08 Å². The molecule has 0 radical (unpaired) electrons. The molecular weight excluding hydrogens is 118 g/mol. The fourth-order valence-corrected chi connectivity index (χ4v) is 0.0833. The first-order chi connectivity index (χ1) is 4.22. The SMILES string of the molecule is C=CC(=O)OC.CNC. The first-order valence-electron chi connectivity index (χ1n) is 2.51. The average Bonchev–Trinajstić information content (AvgIpc) is 1.88. The first kappa shape index (κ1) is 11.0. The minimum atomic E-state index is -0.394. The summed E-state index contributed by atoms with van der Waals surface area (Å²) in [5.74, 6) is -0.394. The Kier molecular flexibility index (Phi) is 12.5. The van der Waals surface area contributed by atoms with Gasteiger partial charge in [-0.25, -0.2) is 4.79 Å². The summed E-state index contributed by atoms with van der Waals surface area (Å²) < 4.78 is 4.14. The van der Waals surface area contributed by atoms with Crippen molar-refractivity contribution in [3.63, 3.8) is 0 Å². The maximum atomic E-state index is 9.84. The second-order valence-electron chi connectivity index (χ2n) is 1.23. The third-order valence-electron chi connectivity index (χ3n) is 0.368. The maximum absolute atomic E-state index is 9.84. The Bertz CT molecular complexity index is 81.1. The van der Waals surface area contributed by atoms with Crippen LogP contribution in [0.5, 0.6) is 0 Å². The van der Waals surface area contributed by atoms with Gasteiger partial charge in [-0.3, -0.25) is 0 Å². The molecule has 0 aliphatic rings. The van der Waals surface area contributed by atoms with Crippen LogP contribution in [0.15, 0.2) is 12.7 Å². The number of hydrogen-bond acceptors (Lipinski definition) is 3. The third-order valence-corrected chi connectivity index (χ3v) is 0.368. The lowest BCUT2D eigenvalue weighted by molar-refractivity contribution is -0.134. The van der Waals surface area contributed by atoms with Crippen molar-refractivity contribution in [3.05, 3.63) is 12.7 Å². The molecule has 9 heavy (non-hydrogen) atoms. The summed E-state index contributed by atoms with van der Waals surface area (Å²) in [5.41, 5.74) is 0. The molecule has 0 aliphatic carbocycles. The van der Waals surface area contributed by atoms with Crippen LogP contribution in [-0.4, -0.2) is 27.2 Å². The van der Waals surface area contributed by atoms with E-state index in [-0.39, 0.29) is 0 Å². The lowest BCUT2D eigenvalue weighted by Crippen LogP contribution is -1.91. The van der Waals surface area contributed by atoms with Gasteiger partial charge in [-0.1, -0.05) is 6.58 Å². The van der Waals surface area contributed by atoms with Crippen molar-refractivity contribution in [2.24, 2.45) is 0 Å². The molecule has 0 saturated heterocycles. The molecule has 3 heteroatoms. The molecule has 0 spiro atoms. The second-order valence-corrected chi connectivity index (χ2v) is 1.23. The van der Waals surface area contributed by atoms with Gasteiger partial charge in [-0.2, -0.15) is 0 Å². The van der Waals surface area contributed by atoms with Gasteiger partial charge in [0.2, 0.25) is 0 Å². The topological polar surface area (TPSA) is 38.3 Å². The van der Waals surface area contributed by atoms with Gasteiger partial charge in [0.1, 0.15) is 0 Å². The largest absolute Gasteiger partial charge is 0.466 e. The Labute approximate surface area is 55.7 Å². The predicted molar refractivity (Wildman–Crippen MR) is 37.2 cm³/mol. The Morgan fingerprint density at radius 1 is 1.67 bits per heavy atom. The van der Waals surface area contributed by atoms with Gasteiger partial charge < -0.3 is 10.1 Å². The zero-order valence-electron chi connectivity index (χ0n) is 6.10. The van der Waals surface area contributed by atoms with Crippen molar-refractivity contribution in [1.29, 1.82) is 0 Å². The van der Waals surface area contributed by atoms with Gasteiger partial charge in [0.05, 0.1) is 7.11 Å². The highest BCUT2D eigenvalue weighted by Crippen LogP contribution is 1.67. The Morgan fingerprint density at radius 3 is 2.00 bits per heavy atom. The molecule has 0 fully saturated rings. The van der Waals surface area contributed by atoms with Gasteiger partial charge in [-0.05, 0) is 14.1 Å². The summed E-state index contributed by atoms with van der Waals surface area (Å²) in [7, 11) is 5.06. The van der Waals surface area contributed by atoms with Crippen LogP contribution in [0.3, 0.4) is 0 Å². The molecule has 0 unspecified atom stereocenters. The van der Waals surface area contributed by atoms with Crippen molar-refractivity contribution in [1.82, 2.24) is 5.32 Å². The van der Waals surface area contributed by atoms with E-state index in [9.17, 15) is 4.79 Å². The van der Waals surface area contributed by atoms with Crippen LogP contribution in [0.4, 0.5) is 0 Å². The molecule has 1 N–H and O–H groups in total. The quantitative estimate of drug-likeness (QED) is 0.407. The molecule has 0 aromatic carbocycles. The number of rotatable bonds is 1. The van der Waals surface area contributed by atoms with Gasteiger partial charge in [-0.15, -0.1) is 0 Å². The van der Waals surface area contributed by atoms with Crippen LogP contribution in [0.25, 0.3) is 0 Å². The van der Waals surface area contributed by atoms with E-state index in [1.54, 1.807) is 0 Å². The Balaban J connectivity index is 0. The van der Waals surface area contributed by atoms with Crippen molar-refractivity contribution in [2.45, 2.75) is 0 Å². The van der Waals surface area contributed by atoms with Crippen molar-refractivity contribution in [3.8, 4) is 0 Å². The second kappa shape index (κ2) is 10.2. The number of nitrogens with one attached hydrogen (secondary N) is 1.